The maximum atomic E-state index is 14.5. The van der Waals surface area contributed by atoms with Crippen LogP contribution in [0, 0.1) is 17.6 Å². The number of carbonyl (C=O) groups is 1. The van der Waals surface area contributed by atoms with Crippen molar-refractivity contribution in [3.63, 3.8) is 0 Å². The Balaban J connectivity index is 1.47. The van der Waals surface area contributed by atoms with Gasteiger partial charge in [0, 0.05) is 34.5 Å². The summed E-state index contributed by atoms with van der Waals surface area (Å²) >= 11 is 0. The van der Waals surface area contributed by atoms with Gasteiger partial charge in [0.05, 0.1) is 19.5 Å². The van der Waals surface area contributed by atoms with Gasteiger partial charge in [-0.15, -0.1) is 0 Å². The highest BCUT2D eigenvalue weighted by Crippen LogP contribution is 2.31. The van der Waals surface area contributed by atoms with Crippen LogP contribution in [0.4, 0.5) is 8.78 Å². The van der Waals surface area contributed by atoms with E-state index in [1.54, 1.807) is 16.9 Å². The second kappa shape index (κ2) is 11.2. The van der Waals surface area contributed by atoms with Crippen molar-refractivity contribution in [2.75, 3.05) is 12.9 Å². The van der Waals surface area contributed by atoms with Gasteiger partial charge >= 0.3 is 0 Å². The number of hydrogen-bond acceptors (Lipinski definition) is 7. The maximum Gasteiger partial charge on any atom is 0.264 e. The molecule has 0 saturated heterocycles. The van der Waals surface area contributed by atoms with Crippen LogP contribution in [0.15, 0.2) is 48.7 Å². The summed E-state index contributed by atoms with van der Waals surface area (Å²) in [5.74, 6) is -1.36. The zero-order valence-electron chi connectivity index (χ0n) is 20.0. The SMILES string of the molecule is CS(=O)(=O)NC(=O)c1ccc(COc2cc(F)cc(-c3cnc(OCC4CCC4)c(CO)c3)c2)c(F)c1. The van der Waals surface area contributed by atoms with Crippen LogP contribution in [0.25, 0.3) is 11.1 Å². The van der Waals surface area contributed by atoms with Gasteiger partial charge in [0.25, 0.3) is 5.91 Å². The van der Waals surface area contributed by atoms with E-state index in [2.05, 4.69) is 4.98 Å². The first-order valence-corrected chi connectivity index (χ1v) is 13.5. The molecule has 0 atom stereocenters. The Morgan fingerprint density at radius 1 is 1.08 bits per heavy atom. The lowest BCUT2D eigenvalue weighted by Gasteiger charge is -2.25. The highest BCUT2D eigenvalue weighted by molar-refractivity contribution is 7.89. The summed E-state index contributed by atoms with van der Waals surface area (Å²) < 4.78 is 64.4. The third kappa shape index (κ3) is 7.01. The fourth-order valence-corrected chi connectivity index (χ4v) is 4.22. The molecule has 8 nitrogen and oxygen atoms in total. The molecule has 0 aliphatic heterocycles. The number of aliphatic hydroxyl groups excluding tert-OH is 1. The van der Waals surface area contributed by atoms with Crippen molar-refractivity contribution < 1.29 is 36.6 Å². The van der Waals surface area contributed by atoms with Crippen molar-refractivity contribution in [1.29, 1.82) is 0 Å². The molecule has 1 heterocycles. The third-order valence-corrected chi connectivity index (χ3v) is 6.52. The van der Waals surface area contributed by atoms with Crippen LogP contribution in [0.5, 0.6) is 11.6 Å². The fraction of sp³-hybridized carbons (Fsp3) is 0.308. The van der Waals surface area contributed by atoms with Gasteiger partial charge in [-0.3, -0.25) is 4.79 Å². The number of pyridine rings is 1. The van der Waals surface area contributed by atoms with Crippen molar-refractivity contribution in [3.8, 4) is 22.8 Å². The van der Waals surface area contributed by atoms with Crippen LogP contribution in [0.2, 0.25) is 0 Å². The molecular weight excluding hydrogens is 506 g/mol. The minimum atomic E-state index is -3.79. The molecule has 0 radical (unpaired) electrons. The maximum absolute atomic E-state index is 14.5. The Kier molecular flexibility index (Phi) is 8.03. The first-order valence-electron chi connectivity index (χ1n) is 11.6. The second-order valence-electron chi connectivity index (χ2n) is 8.93. The van der Waals surface area contributed by atoms with Gasteiger partial charge in [-0.05, 0) is 54.7 Å². The standard InChI is InChI=1S/C26H26F2N2O6S/c1-37(33,34)30-25(32)17-5-6-18(24(28)10-17)15-35-23-9-19(8-22(27)11-23)20-7-21(13-31)26(29-12-20)36-14-16-3-2-4-16/h5-12,16,31H,2-4,13-15H2,1H3,(H,30,32). The zero-order chi connectivity index (χ0) is 26.6. The van der Waals surface area contributed by atoms with E-state index in [4.69, 9.17) is 9.47 Å². The first-order chi connectivity index (χ1) is 17.6. The number of halogens is 2. The summed E-state index contributed by atoms with van der Waals surface area (Å²) in [6.07, 6.45) is 5.76. The van der Waals surface area contributed by atoms with E-state index in [-0.39, 0.29) is 30.1 Å². The summed E-state index contributed by atoms with van der Waals surface area (Å²) in [4.78, 5) is 16.2. The van der Waals surface area contributed by atoms with Crippen LogP contribution in [-0.4, -0.2) is 37.3 Å². The van der Waals surface area contributed by atoms with Crippen molar-refractivity contribution in [2.24, 2.45) is 5.92 Å². The molecule has 0 unspecified atom stereocenters. The van der Waals surface area contributed by atoms with E-state index in [1.807, 2.05) is 0 Å². The number of carbonyl (C=O) groups excluding carboxylic acids is 1. The number of aliphatic hydroxyl groups is 1. The van der Waals surface area contributed by atoms with Gasteiger partial charge in [-0.25, -0.2) is 26.9 Å². The van der Waals surface area contributed by atoms with Crippen LogP contribution < -0.4 is 14.2 Å². The number of nitrogens with one attached hydrogen (secondary N) is 1. The molecule has 196 valence electrons. The van der Waals surface area contributed by atoms with Gasteiger partial charge < -0.3 is 14.6 Å². The normalized spacial score (nSPS) is 13.6. The van der Waals surface area contributed by atoms with Crippen molar-refractivity contribution in [2.45, 2.75) is 32.5 Å². The summed E-state index contributed by atoms with van der Waals surface area (Å²) in [6.45, 7) is -0.0228. The monoisotopic (exact) mass is 532 g/mol. The minimum Gasteiger partial charge on any atom is -0.489 e. The fourth-order valence-electron chi connectivity index (χ4n) is 3.76. The Morgan fingerprint density at radius 2 is 1.86 bits per heavy atom. The highest BCUT2D eigenvalue weighted by atomic mass is 32.2. The highest BCUT2D eigenvalue weighted by Gasteiger charge is 2.19. The molecule has 1 amide bonds. The molecule has 1 aliphatic carbocycles. The van der Waals surface area contributed by atoms with Gasteiger partial charge in [-0.1, -0.05) is 12.5 Å². The number of sulfonamides is 1. The molecule has 1 aliphatic rings. The van der Waals surface area contributed by atoms with E-state index >= 15 is 0 Å². The Labute approximate surface area is 213 Å². The Hall–Kier alpha value is -3.57. The predicted octanol–water partition coefficient (Wildman–Crippen LogP) is 3.97. The Morgan fingerprint density at radius 3 is 2.51 bits per heavy atom. The summed E-state index contributed by atoms with van der Waals surface area (Å²) in [5.41, 5.74) is 1.37. The summed E-state index contributed by atoms with van der Waals surface area (Å²) in [6, 6.07) is 9.10. The van der Waals surface area contributed by atoms with Crippen LogP contribution in [-0.2, 0) is 23.2 Å². The summed E-state index contributed by atoms with van der Waals surface area (Å²) in [7, 11) is -3.79. The van der Waals surface area contributed by atoms with E-state index in [0.717, 1.165) is 31.2 Å². The van der Waals surface area contributed by atoms with Crippen LogP contribution in [0.3, 0.4) is 0 Å². The number of aromatic nitrogens is 1. The number of nitrogens with zero attached hydrogens (tertiary/aromatic N) is 1. The zero-order valence-corrected chi connectivity index (χ0v) is 20.9. The van der Waals surface area contributed by atoms with E-state index in [1.165, 1.54) is 30.8 Å². The molecule has 0 spiro atoms. The van der Waals surface area contributed by atoms with Gasteiger partial charge in [0.1, 0.15) is 24.0 Å². The quantitative estimate of drug-likeness (QED) is 0.406. The molecule has 0 bridgehead atoms. The first kappa shape index (κ1) is 26.5. The molecule has 1 aromatic heterocycles. The van der Waals surface area contributed by atoms with Crippen molar-refractivity contribution in [1.82, 2.24) is 9.71 Å². The second-order valence-corrected chi connectivity index (χ2v) is 10.7. The molecular formula is C26H26F2N2O6S. The smallest absolute Gasteiger partial charge is 0.264 e. The number of amides is 1. The molecule has 37 heavy (non-hydrogen) atoms. The van der Waals surface area contributed by atoms with Gasteiger partial charge in [0.2, 0.25) is 15.9 Å². The third-order valence-electron chi connectivity index (χ3n) is 5.97. The lowest BCUT2D eigenvalue weighted by atomic mass is 9.86. The average Bonchev–Trinajstić information content (AvgIpc) is 2.81. The van der Waals surface area contributed by atoms with Gasteiger partial charge in [-0.2, -0.15) is 0 Å². The number of benzene rings is 2. The molecule has 1 fully saturated rings. The minimum absolute atomic E-state index is 0.0823. The number of ether oxygens (including phenoxy) is 2. The molecule has 3 aromatic rings. The number of rotatable bonds is 10. The molecule has 1 saturated carbocycles. The lowest BCUT2D eigenvalue weighted by Crippen LogP contribution is -2.29. The molecule has 2 aromatic carbocycles. The van der Waals surface area contributed by atoms with E-state index in [0.29, 0.717) is 35.1 Å². The van der Waals surface area contributed by atoms with Crippen molar-refractivity contribution in [3.05, 3.63) is 77.0 Å². The predicted molar refractivity (Wildman–Crippen MR) is 131 cm³/mol. The molecule has 2 N–H and O–H groups in total. The average molecular weight is 533 g/mol. The summed E-state index contributed by atoms with van der Waals surface area (Å²) in [5, 5.41) is 9.77. The van der Waals surface area contributed by atoms with Gasteiger partial charge in [0.15, 0.2) is 0 Å². The molecule has 11 heteroatoms. The number of hydrogen-bond donors (Lipinski definition) is 2. The van der Waals surface area contributed by atoms with E-state index in [9.17, 15) is 27.1 Å². The Bertz CT molecular complexity index is 1410. The topological polar surface area (TPSA) is 115 Å². The lowest BCUT2D eigenvalue weighted by molar-refractivity contribution is 0.0981. The van der Waals surface area contributed by atoms with E-state index < -0.39 is 27.6 Å². The van der Waals surface area contributed by atoms with Crippen LogP contribution in [0.1, 0.15) is 40.7 Å². The molecule has 4 rings (SSSR count). The largest absolute Gasteiger partial charge is 0.489 e. The van der Waals surface area contributed by atoms with Crippen molar-refractivity contribution >= 4 is 15.9 Å². The van der Waals surface area contributed by atoms with Crippen LogP contribution >= 0.6 is 0 Å².